The van der Waals surface area contributed by atoms with E-state index in [-0.39, 0.29) is 0 Å². The van der Waals surface area contributed by atoms with Crippen LogP contribution in [0.5, 0.6) is 0 Å². The van der Waals surface area contributed by atoms with E-state index in [0.29, 0.717) is 0 Å². The second-order valence-electron chi connectivity index (χ2n) is 5.22. The van der Waals surface area contributed by atoms with Gasteiger partial charge in [0.2, 0.25) is 0 Å². The first-order valence-corrected chi connectivity index (χ1v) is 6.39. The summed E-state index contributed by atoms with van der Waals surface area (Å²) in [5.74, 6) is 0.930. The molecule has 0 bridgehead atoms. The number of aromatic nitrogens is 1. The van der Waals surface area contributed by atoms with Gasteiger partial charge in [0, 0.05) is 17.1 Å². The highest BCUT2D eigenvalue weighted by Crippen LogP contribution is 2.30. The molecule has 1 N–H and O–H groups in total. The molecule has 1 fully saturated rings. The second-order valence-corrected chi connectivity index (χ2v) is 5.22. The van der Waals surface area contributed by atoms with E-state index in [9.17, 15) is 0 Å². The second kappa shape index (κ2) is 3.97. The maximum absolute atomic E-state index is 3.39. The predicted molar refractivity (Wildman–Crippen MR) is 68.7 cm³/mol. The van der Waals surface area contributed by atoms with Crippen molar-refractivity contribution in [1.29, 1.82) is 0 Å². The summed E-state index contributed by atoms with van der Waals surface area (Å²) >= 11 is 0. The van der Waals surface area contributed by atoms with E-state index in [4.69, 9.17) is 0 Å². The SMILES string of the molecule is Cc1ccc2[nH]cc(CC3CCCC3)c2c1. The van der Waals surface area contributed by atoms with Gasteiger partial charge in [0.1, 0.15) is 0 Å². The van der Waals surface area contributed by atoms with Crippen molar-refractivity contribution in [3.63, 3.8) is 0 Å². The quantitative estimate of drug-likeness (QED) is 0.769. The van der Waals surface area contributed by atoms with Crippen molar-refractivity contribution < 1.29 is 0 Å². The third-order valence-corrected chi connectivity index (χ3v) is 3.91. The lowest BCUT2D eigenvalue weighted by Crippen LogP contribution is -1.97. The maximum atomic E-state index is 3.39. The monoisotopic (exact) mass is 213 g/mol. The molecule has 0 saturated heterocycles. The Kier molecular flexibility index (Phi) is 2.47. The lowest BCUT2D eigenvalue weighted by atomic mass is 9.97. The zero-order valence-corrected chi connectivity index (χ0v) is 9.92. The minimum absolute atomic E-state index is 0.930. The average Bonchev–Trinajstić information content (AvgIpc) is 2.90. The molecule has 84 valence electrons. The van der Waals surface area contributed by atoms with Gasteiger partial charge in [-0.1, -0.05) is 37.3 Å². The molecular formula is C15H19N. The molecule has 1 nitrogen and oxygen atoms in total. The molecule has 1 heterocycles. The molecule has 0 radical (unpaired) electrons. The number of aromatic amines is 1. The van der Waals surface area contributed by atoms with E-state index in [1.165, 1.54) is 54.1 Å². The van der Waals surface area contributed by atoms with Gasteiger partial charge in [-0.15, -0.1) is 0 Å². The van der Waals surface area contributed by atoms with Crippen LogP contribution in [0.1, 0.15) is 36.8 Å². The van der Waals surface area contributed by atoms with E-state index in [2.05, 4.69) is 36.3 Å². The standard InChI is InChI=1S/C15H19N/c1-11-6-7-15-14(8-11)13(10-16-15)9-12-4-2-3-5-12/h6-8,10,12,16H,2-5,9H2,1H3. The molecular weight excluding hydrogens is 194 g/mol. The van der Waals surface area contributed by atoms with Crippen LogP contribution in [-0.2, 0) is 6.42 Å². The maximum Gasteiger partial charge on any atom is 0.0456 e. The minimum atomic E-state index is 0.930. The van der Waals surface area contributed by atoms with Crippen molar-refractivity contribution >= 4 is 10.9 Å². The molecule has 2 aromatic rings. The Morgan fingerprint density at radius 3 is 2.88 bits per heavy atom. The highest BCUT2D eigenvalue weighted by molar-refractivity contribution is 5.83. The smallest absolute Gasteiger partial charge is 0.0456 e. The number of aryl methyl sites for hydroxylation is 1. The van der Waals surface area contributed by atoms with E-state index in [1.54, 1.807) is 0 Å². The number of hydrogen-bond acceptors (Lipinski definition) is 0. The molecule has 0 amide bonds. The Morgan fingerprint density at radius 2 is 2.06 bits per heavy atom. The average molecular weight is 213 g/mol. The minimum Gasteiger partial charge on any atom is -0.361 e. The van der Waals surface area contributed by atoms with E-state index in [1.807, 2.05) is 0 Å². The predicted octanol–water partition coefficient (Wildman–Crippen LogP) is 4.21. The lowest BCUT2D eigenvalue weighted by Gasteiger charge is -2.07. The lowest BCUT2D eigenvalue weighted by molar-refractivity contribution is 0.548. The van der Waals surface area contributed by atoms with Gasteiger partial charge in [-0.25, -0.2) is 0 Å². The molecule has 1 saturated carbocycles. The van der Waals surface area contributed by atoms with Crippen molar-refractivity contribution in [3.8, 4) is 0 Å². The Bertz CT molecular complexity index is 489. The van der Waals surface area contributed by atoms with Crippen LogP contribution in [0.25, 0.3) is 10.9 Å². The van der Waals surface area contributed by atoms with Gasteiger partial charge in [-0.2, -0.15) is 0 Å². The number of hydrogen-bond donors (Lipinski definition) is 1. The zero-order valence-electron chi connectivity index (χ0n) is 9.92. The van der Waals surface area contributed by atoms with Gasteiger partial charge < -0.3 is 4.98 Å². The van der Waals surface area contributed by atoms with Crippen LogP contribution in [0.2, 0.25) is 0 Å². The number of nitrogens with one attached hydrogen (secondary N) is 1. The molecule has 1 aliphatic carbocycles. The Balaban J connectivity index is 1.93. The van der Waals surface area contributed by atoms with Crippen molar-refractivity contribution in [2.24, 2.45) is 5.92 Å². The summed E-state index contributed by atoms with van der Waals surface area (Å²) in [5.41, 5.74) is 4.17. The molecule has 3 rings (SSSR count). The number of H-pyrrole nitrogens is 1. The Labute approximate surface area is 96.9 Å². The van der Waals surface area contributed by atoms with Gasteiger partial charge in [0.15, 0.2) is 0 Å². The van der Waals surface area contributed by atoms with E-state index in [0.717, 1.165) is 5.92 Å². The van der Waals surface area contributed by atoms with E-state index < -0.39 is 0 Å². The molecule has 16 heavy (non-hydrogen) atoms. The Morgan fingerprint density at radius 1 is 1.25 bits per heavy atom. The van der Waals surface area contributed by atoms with Gasteiger partial charge in [-0.05, 0) is 37.0 Å². The van der Waals surface area contributed by atoms with Gasteiger partial charge in [-0.3, -0.25) is 0 Å². The Hall–Kier alpha value is -1.24. The van der Waals surface area contributed by atoms with Crippen LogP contribution in [0.4, 0.5) is 0 Å². The van der Waals surface area contributed by atoms with Crippen LogP contribution in [-0.4, -0.2) is 4.98 Å². The zero-order chi connectivity index (χ0) is 11.0. The summed E-state index contributed by atoms with van der Waals surface area (Å²) in [7, 11) is 0. The fourth-order valence-electron chi connectivity index (χ4n) is 2.99. The summed E-state index contributed by atoms with van der Waals surface area (Å²) in [5, 5.41) is 1.44. The molecule has 1 aliphatic rings. The third-order valence-electron chi connectivity index (χ3n) is 3.91. The van der Waals surface area contributed by atoms with Gasteiger partial charge in [0.25, 0.3) is 0 Å². The molecule has 0 atom stereocenters. The van der Waals surface area contributed by atoms with Crippen LogP contribution in [0.3, 0.4) is 0 Å². The molecule has 1 heteroatoms. The first-order valence-electron chi connectivity index (χ1n) is 6.39. The summed E-state index contributed by atoms with van der Waals surface area (Å²) in [6.07, 6.45) is 9.21. The summed E-state index contributed by atoms with van der Waals surface area (Å²) in [6, 6.07) is 6.69. The first-order chi connectivity index (χ1) is 7.83. The number of rotatable bonds is 2. The molecule has 0 aliphatic heterocycles. The number of fused-ring (bicyclic) bond motifs is 1. The topological polar surface area (TPSA) is 15.8 Å². The molecule has 1 aromatic heterocycles. The van der Waals surface area contributed by atoms with Crippen LogP contribution >= 0.6 is 0 Å². The largest absolute Gasteiger partial charge is 0.361 e. The first kappa shape index (κ1) is 9.95. The third kappa shape index (κ3) is 1.75. The van der Waals surface area contributed by atoms with Crippen LogP contribution in [0.15, 0.2) is 24.4 Å². The van der Waals surface area contributed by atoms with Gasteiger partial charge in [0.05, 0.1) is 0 Å². The normalized spacial score (nSPS) is 17.3. The van der Waals surface area contributed by atoms with Crippen molar-refractivity contribution in [2.75, 3.05) is 0 Å². The fraction of sp³-hybridized carbons (Fsp3) is 0.467. The molecule has 1 aromatic carbocycles. The fourth-order valence-corrected chi connectivity index (χ4v) is 2.99. The van der Waals surface area contributed by atoms with Crippen LogP contribution < -0.4 is 0 Å². The van der Waals surface area contributed by atoms with Gasteiger partial charge >= 0.3 is 0 Å². The summed E-state index contributed by atoms with van der Waals surface area (Å²) < 4.78 is 0. The van der Waals surface area contributed by atoms with Crippen molar-refractivity contribution in [1.82, 2.24) is 4.98 Å². The summed E-state index contributed by atoms with van der Waals surface area (Å²) in [4.78, 5) is 3.39. The van der Waals surface area contributed by atoms with Crippen LogP contribution in [0, 0.1) is 12.8 Å². The highest BCUT2D eigenvalue weighted by Gasteiger charge is 2.16. The van der Waals surface area contributed by atoms with Crippen molar-refractivity contribution in [3.05, 3.63) is 35.5 Å². The summed E-state index contributed by atoms with van der Waals surface area (Å²) in [6.45, 7) is 2.17. The molecule has 0 spiro atoms. The highest BCUT2D eigenvalue weighted by atomic mass is 14.7. The molecule has 0 unspecified atom stereocenters. The van der Waals surface area contributed by atoms with Crippen molar-refractivity contribution in [2.45, 2.75) is 39.0 Å². The van der Waals surface area contributed by atoms with E-state index >= 15 is 0 Å². The number of benzene rings is 1.